The van der Waals surface area contributed by atoms with Crippen LogP contribution in [-0.2, 0) is 6.54 Å². The van der Waals surface area contributed by atoms with Crippen molar-refractivity contribution in [1.82, 2.24) is 0 Å². The second kappa shape index (κ2) is 6.71. The Balaban J connectivity index is 1.72. The van der Waals surface area contributed by atoms with Gasteiger partial charge in [0.15, 0.2) is 0 Å². The van der Waals surface area contributed by atoms with Gasteiger partial charge in [0, 0.05) is 26.3 Å². The molecule has 0 radical (unpaired) electrons. The molecule has 0 aliphatic heterocycles. The summed E-state index contributed by atoms with van der Waals surface area (Å²) in [6.07, 6.45) is 0. The summed E-state index contributed by atoms with van der Waals surface area (Å²) in [6, 6.07) is 10.2. The molecule has 3 rings (SSSR count). The van der Waals surface area contributed by atoms with E-state index in [9.17, 15) is 0 Å². The van der Waals surface area contributed by atoms with Crippen molar-refractivity contribution in [3.63, 3.8) is 0 Å². The van der Waals surface area contributed by atoms with Crippen LogP contribution in [0.25, 0.3) is 10.4 Å². The molecule has 2 aromatic heterocycles. The van der Waals surface area contributed by atoms with Gasteiger partial charge >= 0.3 is 0 Å². The number of benzene rings is 1. The van der Waals surface area contributed by atoms with Gasteiger partial charge in [0.05, 0.1) is 15.7 Å². The van der Waals surface area contributed by atoms with Gasteiger partial charge in [0.1, 0.15) is 0 Å². The first-order valence-corrected chi connectivity index (χ1v) is 9.44. The molecule has 108 valence electrons. The molecule has 3 aromatic rings. The number of hydrogen-bond acceptors (Lipinski definition) is 3. The van der Waals surface area contributed by atoms with Crippen LogP contribution in [0, 0.1) is 0 Å². The molecule has 6 heteroatoms. The molecule has 0 saturated carbocycles. The highest BCUT2D eigenvalue weighted by atomic mass is 79.9. The fourth-order valence-electron chi connectivity index (χ4n) is 1.89. The second-order valence-corrected chi connectivity index (χ2v) is 7.91. The van der Waals surface area contributed by atoms with Crippen LogP contribution in [0.3, 0.4) is 0 Å². The minimum absolute atomic E-state index is 0.534. The molecule has 0 atom stereocenters. The van der Waals surface area contributed by atoms with Crippen LogP contribution >= 0.6 is 61.8 Å². The SMILES string of the molecule is Clc1c(Br)ccc(NCc2cc(-c3cccs3)cs2)c1Cl. The van der Waals surface area contributed by atoms with E-state index < -0.39 is 0 Å². The van der Waals surface area contributed by atoms with Crippen molar-refractivity contribution < 1.29 is 0 Å². The van der Waals surface area contributed by atoms with Crippen LogP contribution < -0.4 is 5.32 Å². The molecule has 0 aliphatic rings. The van der Waals surface area contributed by atoms with Gasteiger partial charge in [-0.05, 0) is 51.0 Å². The quantitative estimate of drug-likeness (QED) is 0.443. The Morgan fingerprint density at radius 2 is 1.95 bits per heavy atom. The van der Waals surface area contributed by atoms with Gasteiger partial charge in [-0.15, -0.1) is 22.7 Å². The predicted octanol–water partition coefficient (Wildman–Crippen LogP) is 7.16. The average Bonchev–Trinajstić information content (AvgIpc) is 3.14. The van der Waals surface area contributed by atoms with Gasteiger partial charge in [0.25, 0.3) is 0 Å². The normalized spacial score (nSPS) is 10.8. The minimum atomic E-state index is 0.534. The van der Waals surface area contributed by atoms with Crippen LogP contribution in [0.4, 0.5) is 5.69 Å². The molecule has 0 aliphatic carbocycles. The standard InChI is InChI=1S/C15H10BrCl2NS2/c16-11-3-4-12(15(18)14(11)17)19-7-10-6-9(8-21-10)13-2-1-5-20-13/h1-6,8,19H,7H2. The number of thiophene rings is 2. The lowest BCUT2D eigenvalue weighted by Crippen LogP contribution is -1.98. The van der Waals surface area contributed by atoms with Gasteiger partial charge in [0.2, 0.25) is 0 Å². The first-order chi connectivity index (χ1) is 10.1. The van der Waals surface area contributed by atoms with E-state index in [4.69, 9.17) is 23.2 Å². The highest BCUT2D eigenvalue weighted by Crippen LogP contribution is 2.36. The van der Waals surface area contributed by atoms with Crippen molar-refractivity contribution in [1.29, 1.82) is 0 Å². The third-order valence-electron chi connectivity index (χ3n) is 2.95. The van der Waals surface area contributed by atoms with Gasteiger partial charge in [-0.25, -0.2) is 0 Å². The molecule has 0 bridgehead atoms. The van der Waals surface area contributed by atoms with Crippen LogP contribution in [-0.4, -0.2) is 0 Å². The Hall–Kier alpha value is -0.520. The Labute approximate surface area is 149 Å². The monoisotopic (exact) mass is 417 g/mol. The fraction of sp³-hybridized carbons (Fsp3) is 0.0667. The topological polar surface area (TPSA) is 12.0 Å². The van der Waals surface area contributed by atoms with Crippen molar-refractivity contribution in [3.8, 4) is 10.4 Å². The Morgan fingerprint density at radius 3 is 2.71 bits per heavy atom. The van der Waals surface area contributed by atoms with E-state index in [0.717, 1.165) is 16.7 Å². The lowest BCUT2D eigenvalue weighted by molar-refractivity contribution is 1.19. The Morgan fingerprint density at radius 1 is 1.10 bits per heavy atom. The van der Waals surface area contributed by atoms with Gasteiger partial charge in [-0.3, -0.25) is 0 Å². The van der Waals surface area contributed by atoms with Gasteiger partial charge in [-0.2, -0.15) is 0 Å². The van der Waals surface area contributed by atoms with E-state index in [0.29, 0.717) is 10.0 Å². The Kier molecular flexibility index (Phi) is 4.92. The first kappa shape index (κ1) is 15.4. The maximum absolute atomic E-state index is 6.23. The zero-order valence-electron chi connectivity index (χ0n) is 10.7. The smallest absolute Gasteiger partial charge is 0.0835 e. The third kappa shape index (κ3) is 3.46. The number of nitrogens with one attached hydrogen (secondary N) is 1. The molecule has 1 aromatic carbocycles. The largest absolute Gasteiger partial charge is 0.379 e. The fourth-order valence-corrected chi connectivity index (χ4v) is 4.34. The van der Waals surface area contributed by atoms with Gasteiger partial charge < -0.3 is 5.32 Å². The zero-order valence-corrected chi connectivity index (χ0v) is 15.4. The van der Waals surface area contributed by atoms with Crippen molar-refractivity contribution in [2.45, 2.75) is 6.54 Å². The maximum atomic E-state index is 6.23. The minimum Gasteiger partial charge on any atom is -0.379 e. The van der Waals surface area contributed by atoms with Gasteiger partial charge in [-0.1, -0.05) is 29.3 Å². The maximum Gasteiger partial charge on any atom is 0.0835 e. The highest BCUT2D eigenvalue weighted by Gasteiger charge is 2.09. The lowest BCUT2D eigenvalue weighted by atomic mass is 10.2. The van der Waals surface area contributed by atoms with Crippen LogP contribution in [0.15, 0.2) is 45.6 Å². The molecule has 2 heterocycles. The van der Waals surface area contributed by atoms with Crippen LogP contribution in [0.2, 0.25) is 10.0 Å². The number of rotatable bonds is 4. The van der Waals surface area contributed by atoms with Crippen molar-refractivity contribution in [2.24, 2.45) is 0 Å². The van der Waals surface area contributed by atoms with E-state index in [1.54, 1.807) is 22.7 Å². The van der Waals surface area contributed by atoms with Crippen LogP contribution in [0.1, 0.15) is 4.88 Å². The first-order valence-electron chi connectivity index (χ1n) is 6.14. The highest BCUT2D eigenvalue weighted by molar-refractivity contribution is 9.10. The number of halogens is 3. The summed E-state index contributed by atoms with van der Waals surface area (Å²) in [5.74, 6) is 0. The van der Waals surface area contributed by atoms with Crippen molar-refractivity contribution >= 4 is 67.5 Å². The molecular weight excluding hydrogens is 409 g/mol. The third-order valence-corrected chi connectivity index (χ3v) is 6.57. The van der Waals surface area contributed by atoms with Crippen molar-refractivity contribution in [2.75, 3.05) is 5.32 Å². The summed E-state index contributed by atoms with van der Waals surface area (Å²) >= 11 is 19.2. The molecule has 1 N–H and O–H groups in total. The molecule has 21 heavy (non-hydrogen) atoms. The van der Waals surface area contributed by atoms with E-state index in [1.165, 1.54) is 15.3 Å². The summed E-state index contributed by atoms with van der Waals surface area (Å²) in [6.45, 7) is 0.730. The summed E-state index contributed by atoms with van der Waals surface area (Å²) in [5, 5.41) is 8.68. The lowest BCUT2D eigenvalue weighted by Gasteiger charge is -2.09. The molecule has 0 spiro atoms. The van der Waals surface area contributed by atoms with E-state index in [2.05, 4.69) is 50.2 Å². The molecule has 0 amide bonds. The molecule has 0 saturated heterocycles. The zero-order chi connectivity index (χ0) is 14.8. The summed E-state index contributed by atoms with van der Waals surface area (Å²) in [5.41, 5.74) is 2.11. The van der Waals surface area contributed by atoms with E-state index >= 15 is 0 Å². The van der Waals surface area contributed by atoms with E-state index in [-0.39, 0.29) is 0 Å². The van der Waals surface area contributed by atoms with Crippen molar-refractivity contribution in [3.05, 3.63) is 60.5 Å². The van der Waals surface area contributed by atoms with Crippen LogP contribution in [0.5, 0.6) is 0 Å². The number of hydrogen-bond donors (Lipinski definition) is 1. The second-order valence-electron chi connectivity index (χ2n) is 4.36. The number of anilines is 1. The summed E-state index contributed by atoms with van der Waals surface area (Å²) < 4.78 is 0.802. The average molecular weight is 419 g/mol. The Bertz CT molecular complexity index is 753. The summed E-state index contributed by atoms with van der Waals surface area (Å²) in [4.78, 5) is 2.55. The predicted molar refractivity (Wildman–Crippen MR) is 99.1 cm³/mol. The summed E-state index contributed by atoms with van der Waals surface area (Å²) in [7, 11) is 0. The molecule has 0 fully saturated rings. The van der Waals surface area contributed by atoms with E-state index in [1.807, 2.05) is 12.1 Å². The molecule has 1 nitrogen and oxygen atoms in total. The molecular formula is C15H10BrCl2NS2. The molecule has 0 unspecified atom stereocenters.